The first-order valence-corrected chi connectivity index (χ1v) is 8.19. The van der Waals surface area contributed by atoms with Crippen LogP contribution < -0.4 is 10.6 Å². The van der Waals surface area contributed by atoms with Crippen molar-refractivity contribution in [1.82, 2.24) is 9.97 Å². The SMILES string of the molecule is CC(=O)c1cccc(Nc2cc(Nc3ccc(Cl)cc3Cl)ncn2)c1. The van der Waals surface area contributed by atoms with Gasteiger partial charge in [-0.15, -0.1) is 0 Å². The Morgan fingerprint density at radius 3 is 2.44 bits per heavy atom. The number of benzene rings is 2. The number of hydrogen-bond acceptors (Lipinski definition) is 5. The summed E-state index contributed by atoms with van der Waals surface area (Å²) in [6.07, 6.45) is 1.43. The minimum absolute atomic E-state index is 0.00562. The smallest absolute Gasteiger partial charge is 0.159 e. The minimum Gasteiger partial charge on any atom is -0.340 e. The summed E-state index contributed by atoms with van der Waals surface area (Å²) >= 11 is 12.1. The van der Waals surface area contributed by atoms with Crippen molar-refractivity contribution in [3.05, 3.63) is 70.5 Å². The highest BCUT2D eigenvalue weighted by Gasteiger charge is 2.05. The number of halogens is 2. The van der Waals surface area contributed by atoms with Crippen molar-refractivity contribution in [3.63, 3.8) is 0 Å². The van der Waals surface area contributed by atoms with Crippen LogP contribution in [0.2, 0.25) is 10.0 Å². The number of carbonyl (C=O) groups is 1. The van der Waals surface area contributed by atoms with E-state index in [0.717, 1.165) is 5.69 Å². The van der Waals surface area contributed by atoms with Crippen LogP contribution in [0.15, 0.2) is 54.9 Å². The fourth-order valence-corrected chi connectivity index (χ4v) is 2.64. The summed E-state index contributed by atoms with van der Waals surface area (Å²) < 4.78 is 0. The van der Waals surface area contributed by atoms with Gasteiger partial charge >= 0.3 is 0 Å². The molecule has 2 N–H and O–H groups in total. The van der Waals surface area contributed by atoms with Gasteiger partial charge in [-0.05, 0) is 37.3 Å². The van der Waals surface area contributed by atoms with Gasteiger partial charge in [-0.1, -0.05) is 35.3 Å². The summed E-state index contributed by atoms with van der Waals surface area (Å²) in [7, 11) is 0. The van der Waals surface area contributed by atoms with Gasteiger partial charge in [-0.3, -0.25) is 4.79 Å². The number of nitrogens with one attached hydrogen (secondary N) is 2. The van der Waals surface area contributed by atoms with Crippen molar-refractivity contribution in [2.45, 2.75) is 6.92 Å². The summed E-state index contributed by atoms with van der Waals surface area (Å²) in [5, 5.41) is 7.33. The van der Waals surface area contributed by atoms with Crippen molar-refractivity contribution in [2.75, 3.05) is 10.6 Å². The van der Waals surface area contributed by atoms with E-state index in [0.29, 0.717) is 32.9 Å². The van der Waals surface area contributed by atoms with Crippen LogP contribution in [-0.2, 0) is 0 Å². The lowest BCUT2D eigenvalue weighted by Crippen LogP contribution is -2.00. The second-order valence-corrected chi connectivity index (χ2v) is 6.14. The molecule has 0 saturated carbocycles. The average molecular weight is 373 g/mol. The first-order chi connectivity index (χ1) is 12.0. The maximum absolute atomic E-state index is 11.5. The summed E-state index contributed by atoms with van der Waals surface area (Å²) in [5.41, 5.74) is 2.08. The van der Waals surface area contributed by atoms with Crippen molar-refractivity contribution in [2.24, 2.45) is 0 Å². The maximum Gasteiger partial charge on any atom is 0.159 e. The molecule has 0 aliphatic heterocycles. The summed E-state index contributed by atoms with van der Waals surface area (Å²) in [5.74, 6) is 1.17. The molecule has 5 nitrogen and oxygen atoms in total. The molecular weight excluding hydrogens is 359 g/mol. The highest BCUT2D eigenvalue weighted by molar-refractivity contribution is 6.36. The Labute approximate surface area is 155 Å². The van der Waals surface area contributed by atoms with Gasteiger partial charge < -0.3 is 10.6 Å². The molecule has 25 heavy (non-hydrogen) atoms. The van der Waals surface area contributed by atoms with Gasteiger partial charge in [0.2, 0.25) is 0 Å². The monoisotopic (exact) mass is 372 g/mol. The largest absolute Gasteiger partial charge is 0.340 e. The van der Waals surface area contributed by atoms with Crippen LogP contribution in [0.1, 0.15) is 17.3 Å². The molecule has 0 fully saturated rings. The Morgan fingerprint density at radius 2 is 1.72 bits per heavy atom. The van der Waals surface area contributed by atoms with Crippen LogP contribution in [0, 0.1) is 0 Å². The predicted molar refractivity (Wildman–Crippen MR) is 102 cm³/mol. The number of Topliss-reactive ketones (excluding diaryl/α,β-unsaturated/α-hetero) is 1. The number of hydrogen-bond donors (Lipinski definition) is 2. The van der Waals surface area contributed by atoms with E-state index in [2.05, 4.69) is 20.6 Å². The Bertz CT molecular complexity index is 930. The van der Waals surface area contributed by atoms with Gasteiger partial charge in [0.1, 0.15) is 18.0 Å². The van der Waals surface area contributed by atoms with E-state index in [1.165, 1.54) is 13.3 Å². The second-order valence-electron chi connectivity index (χ2n) is 5.30. The molecule has 0 amide bonds. The zero-order chi connectivity index (χ0) is 17.8. The zero-order valence-electron chi connectivity index (χ0n) is 13.3. The van der Waals surface area contributed by atoms with Crippen molar-refractivity contribution in [1.29, 1.82) is 0 Å². The molecule has 126 valence electrons. The molecule has 0 bridgehead atoms. The second kappa shape index (κ2) is 7.51. The third-order valence-corrected chi connectivity index (χ3v) is 3.95. The third kappa shape index (κ3) is 4.47. The van der Waals surface area contributed by atoms with Crippen LogP contribution in [0.5, 0.6) is 0 Å². The summed E-state index contributed by atoms with van der Waals surface area (Å²) in [4.78, 5) is 19.8. The van der Waals surface area contributed by atoms with Crippen molar-refractivity contribution < 1.29 is 4.79 Å². The number of aromatic nitrogens is 2. The molecule has 0 radical (unpaired) electrons. The molecular formula is C18H14Cl2N4O. The van der Waals surface area contributed by atoms with Gasteiger partial charge in [0.05, 0.1) is 10.7 Å². The summed E-state index contributed by atoms with van der Waals surface area (Å²) in [6, 6.07) is 14.1. The molecule has 0 unspecified atom stereocenters. The topological polar surface area (TPSA) is 66.9 Å². The fraction of sp³-hybridized carbons (Fsp3) is 0.0556. The van der Waals surface area contributed by atoms with E-state index in [-0.39, 0.29) is 5.78 Å². The Hall–Kier alpha value is -2.63. The molecule has 0 atom stereocenters. The molecule has 0 aliphatic rings. The first-order valence-electron chi connectivity index (χ1n) is 7.43. The lowest BCUT2D eigenvalue weighted by atomic mass is 10.1. The Balaban J connectivity index is 1.79. The van der Waals surface area contributed by atoms with Gasteiger partial charge in [0, 0.05) is 22.3 Å². The van der Waals surface area contributed by atoms with E-state index in [1.807, 2.05) is 12.1 Å². The quantitative estimate of drug-likeness (QED) is 0.580. The van der Waals surface area contributed by atoms with Crippen molar-refractivity contribution >= 4 is 52.0 Å². The van der Waals surface area contributed by atoms with E-state index in [9.17, 15) is 4.79 Å². The van der Waals surface area contributed by atoms with Crippen LogP contribution >= 0.6 is 23.2 Å². The lowest BCUT2D eigenvalue weighted by molar-refractivity contribution is 0.101. The zero-order valence-corrected chi connectivity index (χ0v) is 14.8. The van der Waals surface area contributed by atoms with Gasteiger partial charge in [-0.25, -0.2) is 9.97 Å². The van der Waals surface area contributed by atoms with Crippen LogP contribution in [-0.4, -0.2) is 15.8 Å². The molecule has 1 aromatic heterocycles. The van der Waals surface area contributed by atoms with Crippen LogP contribution in [0.4, 0.5) is 23.0 Å². The molecule has 2 aromatic carbocycles. The molecule has 3 rings (SSSR count). The van der Waals surface area contributed by atoms with Gasteiger partial charge in [0.15, 0.2) is 5.78 Å². The van der Waals surface area contributed by atoms with Crippen molar-refractivity contribution in [3.8, 4) is 0 Å². The normalized spacial score (nSPS) is 10.4. The van der Waals surface area contributed by atoms with Gasteiger partial charge in [-0.2, -0.15) is 0 Å². The molecule has 0 saturated heterocycles. The molecule has 0 spiro atoms. The highest BCUT2D eigenvalue weighted by atomic mass is 35.5. The standard InChI is InChI=1S/C18H14Cl2N4O/c1-11(25)12-3-2-4-14(7-12)23-17-9-18(22-10-21-17)24-16-6-5-13(19)8-15(16)20/h2-10H,1H3,(H2,21,22,23,24). The Morgan fingerprint density at radius 1 is 0.960 bits per heavy atom. The maximum atomic E-state index is 11.5. The molecule has 3 aromatic rings. The minimum atomic E-state index is 0.00562. The predicted octanol–water partition coefficient (Wildman–Crippen LogP) is 5.47. The number of carbonyl (C=O) groups excluding carboxylic acids is 1. The highest BCUT2D eigenvalue weighted by Crippen LogP contribution is 2.28. The van der Waals surface area contributed by atoms with E-state index in [1.54, 1.807) is 36.4 Å². The number of rotatable bonds is 5. The average Bonchev–Trinajstić information content (AvgIpc) is 2.58. The van der Waals surface area contributed by atoms with E-state index < -0.39 is 0 Å². The number of nitrogens with zero attached hydrogens (tertiary/aromatic N) is 2. The van der Waals surface area contributed by atoms with Crippen LogP contribution in [0.3, 0.4) is 0 Å². The van der Waals surface area contributed by atoms with E-state index >= 15 is 0 Å². The fourth-order valence-electron chi connectivity index (χ4n) is 2.19. The first kappa shape index (κ1) is 17.2. The molecule has 7 heteroatoms. The number of anilines is 4. The molecule has 0 aliphatic carbocycles. The third-order valence-electron chi connectivity index (χ3n) is 3.40. The Kier molecular flexibility index (Phi) is 5.16. The number of ketones is 1. The van der Waals surface area contributed by atoms with Gasteiger partial charge in [0.25, 0.3) is 0 Å². The molecule has 1 heterocycles. The van der Waals surface area contributed by atoms with E-state index in [4.69, 9.17) is 23.2 Å². The van der Waals surface area contributed by atoms with Crippen LogP contribution in [0.25, 0.3) is 0 Å². The summed E-state index contributed by atoms with van der Waals surface area (Å²) in [6.45, 7) is 1.53. The lowest BCUT2D eigenvalue weighted by Gasteiger charge is -2.10.